The molecule has 29 heavy (non-hydrogen) atoms. The van der Waals surface area contributed by atoms with Crippen LogP contribution in [-0.2, 0) is 17.1 Å². The molecule has 0 aliphatic carbocycles. The Labute approximate surface area is 169 Å². The van der Waals surface area contributed by atoms with E-state index >= 15 is 0 Å². The lowest BCUT2D eigenvalue weighted by atomic mass is 10.2. The van der Waals surface area contributed by atoms with Crippen molar-refractivity contribution in [2.24, 2.45) is 7.05 Å². The summed E-state index contributed by atoms with van der Waals surface area (Å²) < 4.78 is 30.5. The van der Waals surface area contributed by atoms with Crippen LogP contribution in [0.3, 0.4) is 0 Å². The number of anilines is 1. The minimum Gasteiger partial charge on any atom is -0.369 e. The second kappa shape index (κ2) is 7.27. The summed E-state index contributed by atoms with van der Waals surface area (Å²) in [5.41, 5.74) is 1.48. The topological polar surface area (TPSA) is 93.3 Å². The van der Waals surface area contributed by atoms with Gasteiger partial charge in [-0.1, -0.05) is 0 Å². The fraction of sp³-hybridized carbons (Fsp3) is 0.421. The van der Waals surface area contributed by atoms with Gasteiger partial charge in [-0.25, -0.2) is 18.4 Å². The first-order chi connectivity index (χ1) is 13.8. The van der Waals surface area contributed by atoms with Crippen molar-refractivity contribution in [3.05, 3.63) is 47.4 Å². The summed E-state index contributed by atoms with van der Waals surface area (Å²) in [7, 11) is -1.93. The van der Waals surface area contributed by atoms with Crippen LogP contribution in [-0.4, -0.2) is 58.0 Å². The third kappa shape index (κ3) is 3.53. The second-order valence-corrected chi connectivity index (χ2v) is 9.39. The number of fused-ring (bicyclic) bond motifs is 1. The first-order valence-electron chi connectivity index (χ1n) is 9.51. The Hall–Kier alpha value is -2.72. The Balaban J connectivity index is 1.51. The summed E-state index contributed by atoms with van der Waals surface area (Å²) in [6, 6.07) is 5.70. The molecule has 0 radical (unpaired) electrons. The summed E-state index contributed by atoms with van der Waals surface area (Å²) in [5.74, 6) is 0. The van der Waals surface area contributed by atoms with Crippen LogP contribution in [0.2, 0.25) is 0 Å². The molecule has 0 amide bonds. The number of rotatable bonds is 4. The molecule has 0 unspecified atom stereocenters. The molecular weight excluding hydrogens is 392 g/mol. The van der Waals surface area contributed by atoms with Crippen LogP contribution in [0.25, 0.3) is 10.9 Å². The van der Waals surface area contributed by atoms with E-state index in [4.69, 9.17) is 0 Å². The quantitative estimate of drug-likeness (QED) is 0.635. The SMILES string of the molecule is CC(C)n1cnc(S(=O)(=O)N2CCN(c3ccc4c(=O)n(C)cnc4c3)CC2)c1. The molecule has 3 heterocycles. The van der Waals surface area contributed by atoms with E-state index < -0.39 is 10.0 Å². The summed E-state index contributed by atoms with van der Waals surface area (Å²) in [5, 5.41) is 0.658. The van der Waals surface area contributed by atoms with E-state index in [1.165, 1.54) is 15.2 Å². The first-order valence-corrected chi connectivity index (χ1v) is 11.0. The van der Waals surface area contributed by atoms with Crippen LogP contribution in [0, 0.1) is 0 Å². The average Bonchev–Trinajstić information content (AvgIpc) is 3.22. The third-order valence-corrected chi connectivity index (χ3v) is 7.07. The predicted octanol–water partition coefficient (Wildman–Crippen LogP) is 1.22. The van der Waals surface area contributed by atoms with Gasteiger partial charge in [-0.3, -0.25) is 4.79 Å². The number of hydrogen-bond donors (Lipinski definition) is 0. The van der Waals surface area contributed by atoms with Crippen LogP contribution < -0.4 is 10.5 Å². The first kappa shape index (κ1) is 19.6. The van der Waals surface area contributed by atoms with E-state index in [-0.39, 0.29) is 16.6 Å². The van der Waals surface area contributed by atoms with Crippen molar-refractivity contribution in [2.45, 2.75) is 24.9 Å². The lowest BCUT2D eigenvalue weighted by Gasteiger charge is -2.35. The van der Waals surface area contributed by atoms with Gasteiger partial charge in [0.15, 0.2) is 5.03 Å². The highest BCUT2D eigenvalue weighted by Crippen LogP contribution is 2.23. The molecule has 0 N–H and O–H groups in total. The summed E-state index contributed by atoms with van der Waals surface area (Å²) in [4.78, 5) is 22.7. The molecule has 0 bridgehead atoms. The van der Waals surface area contributed by atoms with Crippen LogP contribution >= 0.6 is 0 Å². The fourth-order valence-electron chi connectivity index (χ4n) is 3.45. The van der Waals surface area contributed by atoms with E-state index in [0.717, 1.165) is 5.69 Å². The fourth-order valence-corrected chi connectivity index (χ4v) is 4.79. The molecule has 0 spiro atoms. The maximum absolute atomic E-state index is 12.9. The van der Waals surface area contributed by atoms with Gasteiger partial charge in [0.05, 0.1) is 23.6 Å². The minimum absolute atomic E-state index is 0.0849. The Morgan fingerprint density at radius 3 is 2.41 bits per heavy atom. The molecule has 2 aromatic heterocycles. The molecule has 1 aliphatic heterocycles. The van der Waals surface area contributed by atoms with Crippen LogP contribution in [0.5, 0.6) is 0 Å². The van der Waals surface area contributed by atoms with Gasteiger partial charge in [-0.2, -0.15) is 4.31 Å². The Morgan fingerprint density at radius 1 is 1.03 bits per heavy atom. The zero-order chi connectivity index (χ0) is 20.8. The zero-order valence-electron chi connectivity index (χ0n) is 16.7. The molecule has 154 valence electrons. The summed E-state index contributed by atoms with van der Waals surface area (Å²) in [6.45, 7) is 5.81. The number of benzene rings is 1. The van der Waals surface area contributed by atoms with Gasteiger partial charge in [0, 0.05) is 51.2 Å². The van der Waals surface area contributed by atoms with Crippen molar-refractivity contribution in [1.29, 1.82) is 0 Å². The molecule has 0 atom stereocenters. The summed E-state index contributed by atoms with van der Waals surface area (Å²) in [6.07, 6.45) is 4.65. The zero-order valence-corrected chi connectivity index (χ0v) is 17.5. The number of hydrogen-bond acceptors (Lipinski definition) is 6. The number of aryl methyl sites for hydroxylation is 1. The molecule has 3 aromatic rings. The predicted molar refractivity (Wildman–Crippen MR) is 111 cm³/mol. The number of aromatic nitrogens is 4. The van der Waals surface area contributed by atoms with Gasteiger partial charge in [0.2, 0.25) is 0 Å². The highest BCUT2D eigenvalue weighted by molar-refractivity contribution is 7.89. The number of imidazole rings is 1. The Kier molecular flexibility index (Phi) is 4.91. The second-order valence-electron chi connectivity index (χ2n) is 7.51. The molecule has 1 fully saturated rings. The van der Waals surface area contributed by atoms with Gasteiger partial charge in [-0.15, -0.1) is 0 Å². The van der Waals surface area contributed by atoms with Gasteiger partial charge in [0.1, 0.15) is 0 Å². The lowest BCUT2D eigenvalue weighted by molar-refractivity contribution is 0.383. The molecule has 1 saturated heterocycles. The Bertz CT molecular complexity index is 1210. The molecule has 0 saturated carbocycles. The van der Waals surface area contributed by atoms with Crippen molar-refractivity contribution in [2.75, 3.05) is 31.1 Å². The lowest BCUT2D eigenvalue weighted by Crippen LogP contribution is -2.48. The summed E-state index contributed by atoms with van der Waals surface area (Å²) >= 11 is 0. The molecule has 4 rings (SSSR count). The molecule has 1 aliphatic rings. The standard InChI is InChI=1S/C19H24N6O3S/c1-14(2)24-11-18(21-13-24)29(27,28)25-8-6-23(7-9-25)15-4-5-16-17(10-15)20-12-22(3)19(16)26/h4-5,10-14H,6-9H2,1-3H3. The van der Waals surface area contributed by atoms with Crippen molar-refractivity contribution in [3.8, 4) is 0 Å². The van der Waals surface area contributed by atoms with E-state index in [0.29, 0.717) is 37.1 Å². The molecule has 1 aromatic carbocycles. The maximum Gasteiger partial charge on any atom is 0.262 e. The van der Waals surface area contributed by atoms with Crippen molar-refractivity contribution < 1.29 is 8.42 Å². The maximum atomic E-state index is 12.9. The van der Waals surface area contributed by atoms with Crippen LogP contribution in [0.4, 0.5) is 5.69 Å². The van der Waals surface area contributed by atoms with Crippen LogP contribution in [0.1, 0.15) is 19.9 Å². The van der Waals surface area contributed by atoms with Gasteiger partial charge >= 0.3 is 0 Å². The van der Waals surface area contributed by atoms with Crippen molar-refractivity contribution in [1.82, 2.24) is 23.4 Å². The number of nitrogens with zero attached hydrogens (tertiary/aromatic N) is 6. The third-order valence-electron chi connectivity index (χ3n) is 5.28. The highest BCUT2D eigenvalue weighted by atomic mass is 32.2. The average molecular weight is 417 g/mol. The number of sulfonamides is 1. The highest BCUT2D eigenvalue weighted by Gasteiger charge is 2.30. The number of piperazine rings is 1. The molecule has 9 nitrogen and oxygen atoms in total. The van der Waals surface area contributed by atoms with E-state index in [1.807, 2.05) is 26.0 Å². The monoisotopic (exact) mass is 416 g/mol. The van der Waals surface area contributed by atoms with Gasteiger partial charge in [-0.05, 0) is 32.0 Å². The van der Waals surface area contributed by atoms with Crippen LogP contribution in [0.15, 0.2) is 46.9 Å². The van der Waals surface area contributed by atoms with Gasteiger partial charge in [0.25, 0.3) is 15.6 Å². The minimum atomic E-state index is -3.61. The van der Waals surface area contributed by atoms with E-state index in [2.05, 4.69) is 14.9 Å². The van der Waals surface area contributed by atoms with Gasteiger partial charge < -0.3 is 14.0 Å². The van der Waals surface area contributed by atoms with E-state index in [1.54, 1.807) is 30.2 Å². The van der Waals surface area contributed by atoms with Crippen molar-refractivity contribution >= 4 is 26.6 Å². The molecular formula is C19H24N6O3S. The normalized spacial score (nSPS) is 16.1. The van der Waals surface area contributed by atoms with E-state index in [9.17, 15) is 13.2 Å². The molecule has 10 heteroatoms. The van der Waals surface area contributed by atoms with Crippen molar-refractivity contribution in [3.63, 3.8) is 0 Å². The largest absolute Gasteiger partial charge is 0.369 e. The Morgan fingerprint density at radius 2 is 1.76 bits per heavy atom. The smallest absolute Gasteiger partial charge is 0.262 e.